The van der Waals surface area contributed by atoms with Crippen LogP contribution < -0.4 is 13.3 Å². The maximum atomic E-state index is 2.70. The second kappa shape index (κ2) is 9.05. The van der Waals surface area contributed by atoms with E-state index in [2.05, 4.69) is 70.0 Å². The first-order valence-corrected chi connectivity index (χ1v) is 25.4. The Morgan fingerprint density at radius 3 is 2.00 bits per heavy atom. The molecule has 2 aromatic heterocycles. The predicted octanol–water partition coefficient (Wildman–Crippen LogP) is 6.98. The van der Waals surface area contributed by atoms with Gasteiger partial charge in [0, 0.05) is 0 Å². The first kappa shape index (κ1) is 22.1. The van der Waals surface area contributed by atoms with E-state index in [4.69, 9.17) is 0 Å². The summed E-state index contributed by atoms with van der Waals surface area (Å²) in [5.41, 5.74) is 0. The van der Waals surface area contributed by atoms with Gasteiger partial charge in [0.2, 0.25) is 0 Å². The Balaban J connectivity index is 1.70. The van der Waals surface area contributed by atoms with Crippen molar-refractivity contribution in [2.24, 2.45) is 0 Å². The van der Waals surface area contributed by atoms with Crippen LogP contribution in [0.1, 0.15) is 63.2 Å². The maximum absolute atomic E-state index is 2.70. The fraction of sp³-hybridized carbons (Fsp3) is 0.652. The van der Waals surface area contributed by atoms with Crippen LogP contribution in [0.25, 0.3) is 9.75 Å². The van der Waals surface area contributed by atoms with Gasteiger partial charge in [0.1, 0.15) is 0 Å². The molecule has 0 fully saturated rings. The van der Waals surface area contributed by atoms with Gasteiger partial charge >= 0.3 is 168 Å². The van der Waals surface area contributed by atoms with E-state index in [0.717, 1.165) is 0 Å². The van der Waals surface area contributed by atoms with Crippen molar-refractivity contribution in [2.45, 2.75) is 92.6 Å². The first-order chi connectivity index (χ1) is 12.8. The minimum atomic E-state index is -1.98. The number of hydrogen-bond donors (Lipinski definition) is 0. The van der Waals surface area contributed by atoms with Crippen molar-refractivity contribution < 1.29 is 0 Å². The van der Waals surface area contributed by atoms with Gasteiger partial charge in [-0.3, -0.25) is 0 Å². The molecule has 0 aliphatic carbocycles. The van der Waals surface area contributed by atoms with Gasteiger partial charge in [-0.2, -0.15) is 0 Å². The number of rotatable bonds is 10. The van der Waals surface area contributed by atoms with Crippen LogP contribution in [0.4, 0.5) is 0 Å². The number of unbranched alkanes of at least 4 members (excludes halogenated alkanes) is 7. The van der Waals surface area contributed by atoms with Crippen molar-refractivity contribution in [1.82, 2.24) is 0 Å². The summed E-state index contributed by atoms with van der Waals surface area (Å²) in [4.78, 5) is 12.6. The standard InChI is InChI=1S/C20H29S2Si.3CH3.Sn/c1-4-5-6-7-8-9-10-11-14-23(3)17-12-13-21-19(17)20-18(23)15-16(2)22-20;;;;/h12,15H,4-11,14H2,1-3H3;3*1H3;. The summed E-state index contributed by atoms with van der Waals surface area (Å²) in [7, 11) is -1.49. The Morgan fingerprint density at radius 1 is 0.815 bits per heavy atom. The number of thiophene rings is 2. The van der Waals surface area contributed by atoms with Crippen LogP contribution in [-0.2, 0) is 0 Å². The molecular weight excluding hydrogens is 487 g/mol. The van der Waals surface area contributed by atoms with E-state index in [1.807, 2.05) is 5.19 Å². The Morgan fingerprint density at radius 2 is 1.37 bits per heavy atom. The molecule has 0 amide bonds. The summed E-state index contributed by atoms with van der Waals surface area (Å²) in [6, 6.07) is 6.73. The molecule has 0 nitrogen and oxygen atoms in total. The summed E-state index contributed by atoms with van der Waals surface area (Å²) >= 11 is 2.27. The third-order valence-electron chi connectivity index (χ3n) is 6.25. The summed E-state index contributed by atoms with van der Waals surface area (Å²) in [6.45, 7) is 7.30. The van der Waals surface area contributed by atoms with Crippen molar-refractivity contribution in [1.29, 1.82) is 0 Å². The summed E-state index contributed by atoms with van der Waals surface area (Å²) in [5, 5.41) is 3.60. The van der Waals surface area contributed by atoms with Crippen LogP contribution in [0.15, 0.2) is 12.1 Å². The third-order valence-corrected chi connectivity index (χ3v) is 22.9. The van der Waals surface area contributed by atoms with Crippen LogP contribution >= 0.6 is 22.7 Å². The van der Waals surface area contributed by atoms with E-state index >= 15 is 0 Å². The van der Waals surface area contributed by atoms with E-state index < -0.39 is 26.5 Å². The molecule has 27 heavy (non-hydrogen) atoms. The Bertz CT molecular complexity index is 768. The molecule has 0 radical (unpaired) electrons. The molecule has 1 atom stereocenters. The fourth-order valence-corrected chi connectivity index (χ4v) is 18.3. The van der Waals surface area contributed by atoms with Gasteiger partial charge in [0.15, 0.2) is 0 Å². The van der Waals surface area contributed by atoms with Crippen molar-refractivity contribution >= 4 is 62.4 Å². The van der Waals surface area contributed by atoms with E-state index in [-0.39, 0.29) is 0 Å². The van der Waals surface area contributed by atoms with Crippen LogP contribution in [0.5, 0.6) is 0 Å². The molecule has 0 spiro atoms. The Labute approximate surface area is 180 Å². The van der Waals surface area contributed by atoms with Crippen molar-refractivity contribution in [3.05, 3.63) is 17.0 Å². The van der Waals surface area contributed by atoms with E-state index in [9.17, 15) is 0 Å². The zero-order valence-electron chi connectivity index (χ0n) is 18.3. The molecular formula is C23H38S2SiSn. The van der Waals surface area contributed by atoms with Gasteiger partial charge in [-0.25, -0.2) is 0 Å². The average Bonchev–Trinajstić information content (AvgIpc) is 3.24. The molecule has 0 bridgehead atoms. The van der Waals surface area contributed by atoms with Crippen LogP contribution in [0, 0.1) is 6.92 Å². The molecule has 150 valence electrons. The molecule has 1 unspecified atom stereocenters. The predicted molar refractivity (Wildman–Crippen MR) is 134 cm³/mol. The van der Waals surface area contributed by atoms with Gasteiger partial charge < -0.3 is 0 Å². The molecule has 3 rings (SSSR count). The summed E-state index contributed by atoms with van der Waals surface area (Å²) in [5.74, 6) is 0. The number of aryl methyl sites for hydroxylation is 1. The number of fused-ring (bicyclic) bond motifs is 3. The van der Waals surface area contributed by atoms with Crippen LogP contribution in [0.3, 0.4) is 0 Å². The first-order valence-electron chi connectivity index (χ1n) is 11.0. The molecule has 1 aliphatic heterocycles. The van der Waals surface area contributed by atoms with E-state index in [0.29, 0.717) is 0 Å². The van der Waals surface area contributed by atoms with Crippen molar-refractivity contribution in [2.75, 3.05) is 0 Å². The summed E-state index contributed by atoms with van der Waals surface area (Å²) in [6.07, 6.45) is 11.5. The van der Waals surface area contributed by atoms with E-state index in [1.165, 1.54) is 62.3 Å². The van der Waals surface area contributed by atoms with Crippen LogP contribution in [0.2, 0.25) is 27.4 Å². The van der Waals surface area contributed by atoms with Gasteiger partial charge in [-0.1, -0.05) is 13.3 Å². The van der Waals surface area contributed by atoms with Crippen molar-refractivity contribution in [3.63, 3.8) is 0 Å². The molecule has 0 saturated heterocycles. The molecule has 2 aromatic rings. The van der Waals surface area contributed by atoms with Crippen molar-refractivity contribution in [3.8, 4) is 9.75 Å². The van der Waals surface area contributed by atoms with Crippen LogP contribution in [-0.4, -0.2) is 26.5 Å². The normalized spacial score (nSPS) is 18.7. The molecule has 0 N–H and O–H groups in total. The topological polar surface area (TPSA) is 0 Å². The SMILES string of the molecule is CCCCCCCCCC[Si]1(C)c2cc(C)sc2-c2s[c]([Sn]([CH3])([CH3])[CH3])cc21. The van der Waals surface area contributed by atoms with Gasteiger partial charge in [0.25, 0.3) is 0 Å². The van der Waals surface area contributed by atoms with Gasteiger partial charge in [0.05, 0.1) is 0 Å². The zero-order chi connectivity index (χ0) is 19.7. The molecule has 3 heterocycles. The Kier molecular flexibility index (Phi) is 7.41. The quantitative estimate of drug-likeness (QED) is 0.232. The molecule has 1 aliphatic rings. The number of hydrogen-bond acceptors (Lipinski definition) is 2. The molecule has 0 saturated carbocycles. The van der Waals surface area contributed by atoms with Gasteiger partial charge in [-0.05, 0) is 0 Å². The molecule has 4 heteroatoms. The zero-order valence-corrected chi connectivity index (χ0v) is 23.8. The summed E-state index contributed by atoms with van der Waals surface area (Å²) < 4.78 is 1.79. The average molecular weight is 525 g/mol. The second-order valence-electron chi connectivity index (χ2n) is 9.76. The van der Waals surface area contributed by atoms with Gasteiger partial charge in [-0.15, -0.1) is 0 Å². The Hall–Kier alpha value is 0.416. The van der Waals surface area contributed by atoms with E-state index in [1.54, 1.807) is 17.8 Å². The molecule has 0 aromatic carbocycles. The minimum absolute atomic E-state index is 1.36. The third kappa shape index (κ3) is 4.78. The monoisotopic (exact) mass is 526 g/mol. The second-order valence-corrected chi connectivity index (χ2v) is 31.7. The fourth-order valence-electron chi connectivity index (χ4n) is 4.46.